The maximum absolute atomic E-state index is 12.7. The van der Waals surface area contributed by atoms with E-state index in [2.05, 4.69) is 0 Å². The number of benzene rings is 2. The molecule has 2 aromatic carbocycles. The van der Waals surface area contributed by atoms with E-state index < -0.39 is 27.5 Å². The Kier molecular flexibility index (Phi) is 5.36. The van der Waals surface area contributed by atoms with E-state index in [-0.39, 0.29) is 20.5 Å². The highest BCUT2D eigenvalue weighted by Gasteiger charge is 2.55. The lowest BCUT2D eigenvalue weighted by Crippen LogP contribution is -2.52. The largest absolute Gasteiger partial charge is 0.426 e. The molecule has 0 fully saturated rings. The summed E-state index contributed by atoms with van der Waals surface area (Å²) in [5, 5.41) is 10.9. The van der Waals surface area contributed by atoms with Gasteiger partial charge in [0.05, 0.1) is 20.5 Å². The lowest BCUT2D eigenvalue weighted by atomic mass is 10.1. The fourth-order valence-electron chi connectivity index (χ4n) is 1.87. The summed E-state index contributed by atoms with van der Waals surface area (Å²) in [7, 11) is -3.88. The number of halogens is 4. The summed E-state index contributed by atoms with van der Waals surface area (Å²) in [4.78, 5) is 11.5. The Balaban J connectivity index is 2.33. The van der Waals surface area contributed by atoms with Crippen molar-refractivity contribution in [3.63, 3.8) is 0 Å². The van der Waals surface area contributed by atoms with Crippen molar-refractivity contribution in [3.8, 4) is 0 Å². The summed E-state index contributed by atoms with van der Waals surface area (Å²) in [6.07, 6.45) is -5.19. The molecular formula is C16H13ClF3NO4S. The van der Waals surface area contributed by atoms with Crippen molar-refractivity contribution in [3.05, 3.63) is 53.6 Å². The third-order valence-electron chi connectivity index (χ3n) is 3.55. The molecule has 1 amide bonds. The zero-order chi connectivity index (χ0) is 19.8. The van der Waals surface area contributed by atoms with Gasteiger partial charge in [-0.05, 0) is 37.3 Å². The van der Waals surface area contributed by atoms with Gasteiger partial charge in [-0.15, -0.1) is 0 Å². The highest BCUT2D eigenvalue weighted by molar-refractivity contribution is 7.91. The fourth-order valence-corrected chi connectivity index (χ4v) is 3.47. The zero-order valence-corrected chi connectivity index (χ0v) is 14.8. The number of carbonyl (C=O) groups excluding carboxylic acids is 1. The number of sulfone groups is 1. The highest BCUT2D eigenvalue weighted by Crippen LogP contribution is 2.33. The molecule has 2 N–H and O–H groups in total. The van der Waals surface area contributed by atoms with E-state index in [9.17, 15) is 31.5 Å². The summed E-state index contributed by atoms with van der Waals surface area (Å²) in [6, 6.07) is 10.6. The predicted molar refractivity (Wildman–Crippen MR) is 88.7 cm³/mol. The molecule has 0 bridgehead atoms. The molecule has 0 saturated carbocycles. The van der Waals surface area contributed by atoms with Crippen LogP contribution in [0.15, 0.2) is 58.3 Å². The molecule has 0 spiro atoms. The van der Waals surface area contributed by atoms with Crippen LogP contribution in [0.2, 0.25) is 5.02 Å². The van der Waals surface area contributed by atoms with E-state index in [1.807, 2.05) is 5.32 Å². The van der Waals surface area contributed by atoms with Crippen LogP contribution in [-0.4, -0.2) is 31.2 Å². The number of rotatable bonds is 4. The number of hydrogen-bond donors (Lipinski definition) is 2. The van der Waals surface area contributed by atoms with Crippen LogP contribution in [0, 0.1) is 0 Å². The van der Waals surface area contributed by atoms with Crippen LogP contribution in [0.25, 0.3) is 0 Å². The van der Waals surface area contributed by atoms with Crippen molar-refractivity contribution in [2.24, 2.45) is 0 Å². The van der Waals surface area contributed by atoms with Crippen molar-refractivity contribution in [1.82, 2.24) is 0 Å². The highest BCUT2D eigenvalue weighted by atomic mass is 35.5. The van der Waals surface area contributed by atoms with Crippen molar-refractivity contribution >= 4 is 33.0 Å². The normalized spacial score (nSPS) is 14.5. The summed E-state index contributed by atoms with van der Waals surface area (Å²) >= 11 is 5.89. The minimum atomic E-state index is -5.19. The van der Waals surface area contributed by atoms with Crippen LogP contribution >= 0.6 is 11.6 Å². The smallest absolute Gasteiger partial charge is 0.373 e. The standard InChI is InChI=1S/C16H13ClF3NO4S/c1-15(23,16(18,19)20)14(22)21-13-8-7-11(9-12(13)17)26(24,25)10-5-3-2-4-6-10/h2-9,23H,1H3,(H,21,22). The lowest BCUT2D eigenvalue weighted by Gasteiger charge is -2.25. The quantitative estimate of drug-likeness (QED) is 0.813. The van der Waals surface area contributed by atoms with Gasteiger partial charge in [0, 0.05) is 0 Å². The average molecular weight is 408 g/mol. The minimum Gasteiger partial charge on any atom is -0.373 e. The van der Waals surface area contributed by atoms with Gasteiger partial charge in [0.15, 0.2) is 0 Å². The molecule has 0 aliphatic carbocycles. The molecule has 0 aliphatic rings. The maximum atomic E-state index is 12.7. The number of aliphatic hydroxyl groups is 1. The van der Waals surface area contributed by atoms with Crippen LogP contribution in [-0.2, 0) is 14.6 Å². The van der Waals surface area contributed by atoms with Crippen LogP contribution in [0.5, 0.6) is 0 Å². The van der Waals surface area contributed by atoms with Crippen molar-refractivity contribution in [2.45, 2.75) is 28.5 Å². The van der Waals surface area contributed by atoms with Gasteiger partial charge in [-0.25, -0.2) is 8.42 Å². The summed E-state index contributed by atoms with van der Waals surface area (Å²) < 4.78 is 63.0. The second-order valence-corrected chi connectivity index (χ2v) is 7.84. The van der Waals surface area contributed by atoms with Crippen LogP contribution in [0.4, 0.5) is 18.9 Å². The molecule has 1 atom stereocenters. The molecule has 0 heterocycles. The van der Waals surface area contributed by atoms with Gasteiger partial charge in [0.2, 0.25) is 15.4 Å². The van der Waals surface area contributed by atoms with E-state index in [1.165, 1.54) is 24.3 Å². The lowest BCUT2D eigenvalue weighted by molar-refractivity contribution is -0.242. The SMILES string of the molecule is CC(O)(C(=O)Nc1ccc(S(=O)(=O)c2ccccc2)cc1Cl)C(F)(F)F. The molecule has 1 unspecified atom stereocenters. The first-order valence-electron chi connectivity index (χ1n) is 7.07. The van der Waals surface area contributed by atoms with Gasteiger partial charge in [-0.3, -0.25) is 4.79 Å². The molecule has 2 aromatic rings. The fraction of sp³-hybridized carbons (Fsp3) is 0.188. The molecule has 0 saturated heterocycles. The Morgan fingerprint density at radius 2 is 1.65 bits per heavy atom. The molecule has 10 heteroatoms. The van der Waals surface area contributed by atoms with Crippen molar-refractivity contribution in [2.75, 3.05) is 5.32 Å². The molecule has 140 valence electrons. The van der Waals surface area contributed by atoms with Crippen molar-refractivity contribution in [1.29, 1.82) is 0 Å². The van der Waals surface area contributed by atoms with E-state index in [4.69, 9.17) is 11.6 Å². The minimum absolute atomic E-state index is 0.00727. The Labute approximate surface area is 152 Å². The molecule has 2 rings (SSSR count). The van der Waals surface area contributed by atoms with Gasteiger partial charge < -0.3 is 10.4 Å². The number of hydrogen-bond acceptors (Lipinski definition) is 4. The summed E-state index contributed by atoms with van der Waals surface area (Å²) in [6.45, 7) is 0.296. The first-order chi connectivity index (χ1) is 11.9. The Morgan fingerprint density at radius 1 is 1.08 bits per heavy atom. The maximum Gasteiger partial charge on any atom is 0.426 e. The number of nitrogens with one attached hydrogen (secondary N) is 1. The molecular weight excluding hydrogens is 395 g/mol. The molecule has 0 radical (unpaired) electrons. The van der Waals surface area contributed by atoms with Gasteiger partial charge in [0.1, 0.15) is 0 Å². The Hall–Kier alpha value is -2.10. The zero-order valence-electron chi connectivity index (χ0n) is 13.2. The van der Waals surface area contributed by atoms with E-state index in [0.717, 1.165) is 18.2 Å². The van der Waals surface area contributed by atoms with E-state index >= 15 is 0 Å². The average Bonchev–Trinajstić information content (AvgIpc) is 2.56. The van der Waals surface area contributed by atoms with Crippen molar-refractivity contribution < 1.29 is 31.5 Å². The van der Waals surface area contributed by atoms with E-state index in [0.29, 0.717) is 6.92 Å². The third kappa shape index (κ3) is 3.84. The van der Waals surface area contributed by atoms with Gasteiger partial charge in [0.25, 0.3) is 5.91 Å². The third-order valence-corrected chi connectivity index (χ3v) is 5.63. The Bertz CT molecular complexity index is 928. The number of alkyl halides is 3. The number of anilines is 1. The molecule has 26 heavy (non-hydrogen) atoms. The number of amides is 1. The molecule has 0 aliphatic heterocycles. The summed E-state index contributed by atoms with van der Waals surface area (Å²) in [5.74, 6) is -1.74. The van der Waals surface area contributed by atoms with Crippen LogP contribution in [0.3, 0.4) is 0 Å². The van der Waals surface area contributed by atoms with Gasteiger partial charge in [-0.2, -0.15) is 13.2 Å². The first kappa shape index (κ1) is 20.2. The number of carbonyl (C=O) groups is 1. The Morgan fingerprint density at radius 3 is 2.15 bits per heavy atom. The summed E-state index contributed by atoms with van der Waals surface area (Å²) in [5.41, 5.74) is -3.90. The van der Waals surface area contributed by atoms with Crippen LogP contribution < -0.4 is 5.32 Å². The second kappa shape index (κ2) is 6.90. The topological polar surface area (TPSA) is 83.5 Å². The second-order valence-electron chi connectivity index (χ2n) is 5.48. The van der Waals surface area contributed by atoms with Gasteiger partial charge >= 0.3 is 6.18 Å². The molecule has 0 aromatic heterocycles. The van der Waals surface area contributed by atoms with Crippen LogP contribution in [0.1, 0.15) is 6.92 Å². The first-order valence-corrected chi connectivity index (χ1v) is 8.94. The molecule has 5 nitrogen and oxygen atoms in total. The van der Waals surface area contributed by atoms with Gasteiger partial charge in [-0.1, -0.05) is 29.8 Å². The predicted octanol–water partition coefficient (Wildman–Crippen LogP) is 3.42. The van der Waals surface area contributed by atoms with E-state index in [1.54, 1.807) is 6.07 Å². The monoisotopic (exact) mass is 407 g/mol.